The summed E-state index contributed by atoms with van der Waals surface area (Å²) in [6.45, 7) is 3.70. The molecule has 1 rings (SSSR count). The number of rotatable bonds is 3. The quantitative estimate of drug-likeness (QED) is 0.660. The highest BCUT2D eigenvalue weighted by molar-refractivity contribution is 5.00. The van der Waals surface area contributed by atoms with E-state index in [0.29, 0.717) is 0 Å². The molecule has 1 aliphatic carbocycles. The van der Waals surface area contributed by atoms with Gasteiger partial charge in [-0.3, -0.25) is 0 Å². The van der Waals surface area contributed by atoms with E-state index in [1.165, 1.54) is 19.3 Å². The zero-order valence-corrected chi connectivity index (χ0v) is 8.89. The van der Waals surface area contributed by atoms with Crippen LogP contribution in [0.25, 0.3) is 0 Å². The van der Waals surface area contributed by atoms with Gasteiger partial charge in [-0.25, -0.2) is 0 Å². The lowest BCUT2D eigenvalue weighted by Crippen LogP contribution is -2.60. The highest BCUT2D eigenvalue weighted by Crippen LogP contribution is 2.36. The second-order valence-corrected chi connectivity index (χ2v) is 4.51. The van der Waals surface area contributed by atoms with Gasteiger partial charge in [0.2, 0.25) is 0 Å². The van der Waals surface area contributed by atoms with Crippen LogP contribution in [-0.4, -0.2) is 23.4 Å². The van der Waals surface area contributed by atoms with Crippen molar-refractivity contribution < 1.29 is 9.94 Å². The van der Waals surface area contributed by atoms with E-state index in [2.05, 4.69) is 5.48 Å². The van der Waals surface area contributed by atoms with Crippen molar-refractivity contribution in [3.8, 4) is 0 Å². The van der Waals surface area contributed by atoms with E-state index in [-0.39, 0.29) is 5.54 Å². The van der Waals surface area contributed by atoms with Gasteiger partial charge < -0.3 is 9.94 Å². The number of aliphatic hydroxyl groups is 1. The predicted molar refractivity (Wildman–Crippen MR) is 52.3 cm³/mol. The summed E-state index contributed by atoms with van der Waals surface area (Å²) in [5.41, 5.74) is 2.02. The molecule has 78 valence electrons. The van der Waals surface area contributed by atoms with Crippen LogP contribution in [0.15, 0.2) is 0 Å². The molecule has 2 N–H and O–H groups in total. The van der Waals surface area contributed by atoms with Crippen LogP contribution >= 0.6 is 0 Å². The zero-order chi connectivity index (χ0) is 9.95. The second-order valence-electron chi connectivity index (χ2n) is 4.51. The van der Waals surface area contributed by atoms with Crippen LogP contribution in [0.3, 0.4) is 0 Å². The third-order valence-corrected chi connectivity index (χ3v) is 3.18. The zero-order valence-electron chi connectivity index (χ0n) is 8.89. The van der Waals surface area contributed by atoms with Crippen LogP contribution in [-0.2, 0) is 4.84 Å². The minimum absolute atomic E-state index is 0.250. The van der Waals surface area contributed by atoms with Gasteiger partial charge in [-0.2, -0.15) is 5.48 Å². The van der Waals surface area contributed by atoms with E-state index in [4.69, 9.17) is 4.84 Å². The Labute approximate surface area is 80.4 Å². The molecule has 1 saturated carbocycles. The van der Waals surface area contributed by atoms with Gasteiger partial charge in [0.15, 0.2) is 0 Å². The van der Waals surface area contributed by atoms with Crippen LogP contribution in [0, 0.1) is 0 Å². The van der Waals surface area contributed by atoms with Gasteiger partial charge >= 0.3 is 0 Å². The summed E-state index contributed by atoms with van der Waals surface area (Å²) in [5, 5.41) is 10.1. The summed E-state index contributed by atoms with van der Waals surface area (Å²) < 4.78 is 0. The van der Waals surface area contributed by atoms with Crippen molar-refractivity contribution in [3.05, 3.63) is 0 Å². The van der Waals surface area contributed by atoms with Crippen LogP contribution in [0.4, 0.5) is 0 Å². The first kappa shape index (κ1) is 11.0. The van der Waals surface area contributed by atoms with E-state index in [1.54, 1.807) is 7.11 Å². The second kappa shape index (κ2) is 3.95. The molecule has 0 amide bonds. The van der Waals surface area contributed by atoms with Gasteiger partial charge in [0.1, 0.15) is 0 Å². The fourth-order valence-corrected chi connectivity index (χ4v) is 2.19. The molecule has 0 atom stereocenters. The minimum Gasteiger partial charge on any atom is -0.388 e. The Morgan fingerprint density at radius 1 is 1.23 bits per heavy atom. The lowest BCUT2D eigenvalue weighted by Gasteiger charge is -2.45. The predicted octanol–water partition coefficient (Wildman–Crippen LogP) is 1.61. The molecular formula is C10H21NO2. The molecule has 13 heavy (non-hydrogen) atoms. The van der Waals surface area contributed by atoms with Gasteiger partial charge in [0, 0.05) is 0 Å². The van der Waals surface area contributed by atoms with Crippen LogP contribution in [0.5, 0.6) is 0 Å². The topological polar surface area (TPSA) is 41.5 Å². The van der Waals surface area contributed by atoms with E-state index >= 15 is 0 Å². The number of nitrogens with one attached hydrogen (secondary N) is 1. The van der Waals surface area contributed by atoms with Crippen molar-refractivity contribution in [3.63, 3.8) is 0 Å². The third-order valence-electron chi connectivity index (χ3n) is 3.18. The van der Waals surface area contributed by atoms with Crippen molar-refractivity contribution >= 4 is 0 Å². The first-order valence-electron chi connectivity index (χ1n) is 5.04. The average molecular weight is 187 g/mol. The van der Waals surface area contributed by atoms with Crippen LogP contribution in [0.1, 0.15) is 46.0 Å². The molecule has 0 aromatic carbocycles. The summed E-state index contributed by atoms with van der Waals surface area (Å²) >= 11 is 0. The molecule has 0 bridgehead atoms. The van der Waals surface area contributed by atoms with Crippen molar-refractivity contribution in [1.29, 1.82) is 0 Å². The van der Waals surface area contributed by atoms with Gasteiger partial charge in [-0.1, -0.05) is 19.3 Å². The van der Waals surface area contributed by atoms with Crippen molar-refractivity contribution in [2.24, 2.45) is 0 Å². The van der Waals surface area contributed by atoms with Crippen molar-refractivity contribution in [2.75, 3.05) is 7.11 Å². The summed E-state index contributed by atoms with van der Waals surface area (Å²) in [6.07, 6.45) is 5.58. The number of hydrogen-bond donors (Lipinski definition) is 2. The fourth-order valence-electron chi connectivity index (χ4n) is 2.19. The number of hydroxylamine groups is 1. The van der Waals surface area contributed by atoms with Crippen LogP contribution < -0.4 is 5.48 Å². The average Bonchev–Trinajstić information content (AvgIpc) is 2.04. The van der Waals surface area contributed by atoms with Crippen molar-refractivity contribution in [1.82, 2.24) is 5.48 Å². The molecule has 3 heteroatoms. The van der Waals surface area contributed by atoms with E-state index in [0.717, 1.165) is 12.8 Å². The Morgan fingerprint density at radius 2 is 1.77 bits per heavy atom. The van der Waals surface area contributed by atoms with E-state index in [1.807, 2.05) is 13.8 Å². The van der Waals surface area contributed by atoms with E-state index < -0.39 is 5.60 Å². The van der Waals surface area contributed by atoms with Gasteiger partial charge in [-0.15, -0.1) is 0 Å². The first-order chi connectivity index (χ1) is 6.02. The summed E-state index contributed by atoms with van der Waals surface area (Å²) in [5.74, 6) is 0. The third kappa shape index (κ3) is 2.22. The monoisotopic (exact) mass is 187 g/mol. The largest absolute Gasteiger partial charge is 0.388 e. The molecule has 0 radical (unpaired) electrons. The molecule has 0 aromatic heterocycles. The molecule has 0 spiro atoms. The Hall–Kier alpha value is -0.120. The maximum absolute atomic E-state index is 10.1. The molecule has 0 aliphatic heterocycles. The standard InChI is InChI=1S/C10H21NO2/c1-9(2,12)10(11-13-3)7-5-4-6-8-10/h11-12H,4-8H2,1-3H3. The lowest BCUT2D eigenvalue weighted by atomic mass is 9.72. The summed E-state index contributed by atoms with van der Waals surface area (Å²) in [7, 11) is 1.61. The molecule has 0 aromatic rings. The molecular weight excluding hydrogens is 166 g/mol. The lowest BCUT2D eigenvalue weighted by molar-refractivity contribution is -0.113. The Kier molecular flexibility index (Phi) is 3.33. The highest BCUT2D eigenvalue weighted by Gasteiger charge is 2.44. The minimum atomic E-state index is -0.719. The van der Waals surface area contributed by atoms with Crippen molar-refractivity contribution in [2.45, 2.75) is 57.1 Å². The smallest absolute Gasteiger partial charge is 0.0794 e. The molecule has 0 heterocycles. The molecule has 1 aliphatic rings. The molecule has 0 saturated heterocycles. The summed E-state index contributed by atoms with van der Waals surface area (Å²) in [4.78, 5) is 5.00. The SMILES string of the molecule is CONC1(C(C)(C)O)CCCCC1. The van der Waals surface area contributed by atoms with Gasteiger partial charge in [0.25, 0.3) is 0 Å². The molecule has 3 nitrogen and oxygen atoms in total. The van der Waals surface area contributed by atoms with Crippen LogP contribution in [0.2, 0.25) is 0 Å². The Morgan fingerprint density at radius 3 is 2.15 bits per heavy atom. The van der Waals surface area contributed by atoms with Gasteiger partial charge in [0.05, 0.1) is 18.2 Å². The molecule has 0 unspecified atom stereocenters. The molecule has 1 fully saturated rings. The fraction of sp³-hybridized carbons (Fsp3) is 1.00. The van der Waals surface area contributed by atoms with E-state index in [9.17, 15) is 5.11 Å². The normalized spacial score (nSPS) is 23.1. The summed E-state index contributed by atoms with van der Waals surface area (Å²) in [6, 6.07) is 0. The van der Waals surface area contributed by atoms with Gasteiger partial charge in [-0.05, 0) is 26.7 Å². The highest BCUT2D eigenvalue weighted by atomic mass is 16.6. The Balaban J connectivity index is 2.73. The maximum atomic E-state index is 10.1. The maximum Gasteiger partial charge on any atom is 0.0794 e. The first-order valence-corrected chi connectivity index (χ1v) is 5.04. The number of hydrogen-bond acceptors (Lipinski definition) is 3. The Bertz CT molecular complexity index is 151.